The molecule has 198 valence electrons. The van der Waals surface area contributed by atoms with Gasteiger partial charge in [0.1, 0.15) is 17.7 Å². The van der Waals surface area contributed by atoms with Crippen LogP contribution in [-0.4, -0.2) is 32.2 Å². The molecule has 4 rings (SSSR count). The van der Waals surface area contributed by atoms with E-state index in [2.05, 4.69) is 4.72 Å². The number of carbonyl (C=O) groups is 1. The summed E-state index contributed by atoms with van der Waals surface area (Å²) in [7, 11) is -3.71. The van der Waals surface area contributed by atoms with E-state index in [9.17, 15) is 13.2 Å². The third-order valence-corrected chi connectivity index (χ3v) is 8.73. The van der Waals surface area contributed by atoms with Crippen molar-refractivity contribution in [1.82, 2.24) is 4.72 Å². The Morgan fingerprint density at radius 1 is 1.14 bits per heavy atom. The molecule has 9 heteroatoms. The van der Waals surface area contributed by atoms with Gasteiger partial charge in [-0.3, -0.25) is 9.52 Å². The Labute approximate surface area is 219 Å². The molecule has 2 atom stereocenters. The first-order valence-electron chi connectivity index (χ1n) is 12.4. The van der Waals surface area contributed by atoms with Gasteiger partial charge in [0.05, 0.1) is 11.2 Å². The van der Waals surface area contributed by atoms with E-state index < -0.39 is 21.3 Å². The highest BCUT2D eigenvalue weighted by Crippen LogP contribution is 2.45. The summed E-state index contributed by atoms with van der Waals surface area (Å²) in [5.41, 5.74) is 7.72. The van der Waals surface area contributed by atoms with E-state index in [4.69, 9.17) is 10.5 Å². The number of rotatable bonds is 8. The van der Waals surface area contributed by atoms with Gasteiger partial charge in [-0.15, -0.1) is 12.4 Å². The summed E-state index contributed by atoms with van der Waals surface area (Å²) in [5, 5.41) is 0. The lowest BCUT2D eigenvalue weighted by molar-refractivity contribution is -0.123. The lowest BCUT2D eigenvalue weighted by atomic mass is 9.76. The van der Waals surface area contributed by atoms with Crippen molar-refractivity contribution in [2.75, 3.05) is 5.75 Å². The standard InChI is InChI=1S/C27H35FN2O4S.ClH/c1-4-35(32,33)30-26(31)27(2,3)18-11-14-24(34-20-13-12-19(29)16-20)22(15-18)21-9-6-10-23(28)25(21)17-7-5-8-17;/h6,9-11,14-15,17,19-20H,4-5,7-8,12-13,16,29H2,1-3H3,(H,30,31);1H/t19-,20-;/m1./s1. The molecule has 0 bridgehead atoms. The maximum absolute atomic E-state index is 15.1. The van der Waals surface area contributed by atoms with Crippen LogP contribution in [0.4, 0.5) is 4.39 Å². The molecule has 1 amide bonds. The topological polar surface area (TPSA) is 98.5 Å². The number of amides is 1. The van der Waals surface area contributed by atoms with Gasteiger partial charge in [-0.2, -0.15) is 0 Å². The molecule has 2 saturated carbocycles. The highest BCUT2D eigenvalue weighted by Gasteiger charge is 2.34. The van der Waals surface area contributed by atoms with Crippen molar-refractivity contribution in [1.29, 1.82) is 0 Å². The Balaban J connectivity index is 0.00000361. The second-order valence-corrected chi connectivity index (χ2v) is 12.3. The van der Waals surface area contributed by atoms with Crippen molar-refractivity contribution in [3.05, 3.63) is 53.3 Å². The average molecular weight is 539 g/mol. The van der Waals surface area contributed by atoms with E-state index in [0.29, 0.717) is 22.4 Å². The van der Waals surface area contributed by atoms with E-state index in [-0.39, 0.29) is 42.0 Å². The first-order chi connectivity index (χ1) is 16.5. The van der Waals surface area contributed by atoms with Crippen molar-refractivity contribution in [2.45, 2.75) is 82.8 Å². The quantitative estimate of drug-likeness (QED) is 0.482. The molecular formula is C27H36ClFN2O4S. The summed E-state index contributed by atoms with van der Waals surface area (Å²) in [6.45, 7) is 4.84. The largest absolute Gasteiger partial charge is 0.490 e. The van der Waals surface area contributed by atoms with Crippen LogP contribution in [0.5, 0.6) is 5.75 Å². The predicted octanol–water partition coefficient (Wildman–Crippen LogP) is 5.18. The van der Waals surface area contributed by atoms with Crippen molar-refractivity contribution < 1.29 is 22.3 Å². The van der Waals surface area contributed by atoms with E-state index in [0.717, 1.165) is 44.1 Å². The number of benzene rings is 2. The lowest BCUT2D eigenvalue weighted by Crippen LogP contribution is -2.43. The Morgan fingerprint density at radius 2 is 1.86 bits per heavy atom. The summed E-state index contributed by atoms with van der Waals surface area (Å²) in [4.78, 5) is 13.0. The van der Waals surface area contributed by atoms with Crippen LogP contribution in [0, 0.1) is 5.82 Å². The fourth-order valence-electron chi connectivity index (χ4n) is 4.85. The number of sulfonamides is 1. The molecule has 0 spiro atoms. The van der Waals surface area contributed by atoms with Crippen LogP contribution in [-0.2, 0) is 20.2 Å². The molecular weight excluding hydrogens is 503 g/mol. The summed E-state index contributed by atoms with van der Waals surface area (Å²) >= 11 is 0. The zero-order valence-electron chi connectivity index (χ0n) is 21.1. The van der Waals surface area contributed by atoms with E-state index >= 15 is 4.39 Å². The lowest BCUT2D eigenvalue weighted by Gasteiger charge is -2.30. The number of hydrogen-bond donors (Lipinski definition) is 2. The minimum Gasteiger partial charge on any atom is -0.490 e. The fourth-order valence-corrected chi connectivity index (χ4v) is 5.53. The summed E-state index contributed by atoms with van der Waals surface area (Å²) in [6.07, 6.45) is 5.41. The van der Waals surface area contributed by atoms with Gasteiger partial charge in [0.2, 0.25) is 15.9 Å². The van der Waals surface area contributed by atoms with Gasteiger partial charge in [0.25, 0.3) is 0 Å². The molecule has 2 fully saturated rings. The predicted molar refractivity (Wildman–Crippen MR) is 143 cm³/mol. The van der Waals surface area contributed by atoms with Gasteiger partial charge in [0, 0.05) is 11.6 Å². The number of carbonyl (C=O) groups excluding carboxylic acids is 1. The van der Waals surface area contributed by atoms with Crippen LogP contribution in [0.1, 0.15) is 76.3 Å². The summed E-state index contributed by atoms with van der Waals surface area (Å²) in [6, 6.07) is 10.6. The minimum absolute atomic E-state index is 0. The first kappa shape index (κ1) is 28.4. The van der Waals surface area contributed by atoms with Gasteiger partial charge in [-0.1, -0.05) is 24.6 Å². The maximum Gasteiger partial charge on any atom is 0.243 e. The Kier molecular flexibility index (Phi) is 8.74. The molecule has 2 aromatic rings. The van der Waals surface area contributed by atoms with E-state index in [1.807, 2.05) is 18.2 Å². The van der Waals surface area contributed by atoms with Crippen molar-refractivity contribution in [3.63, 3.8) is 0 Å². The van der Waals surface area contributed by atoms with Crippen LogP contribution in [0.2, 0.25) is 0 Å². The van der Waals surface area contributed by atoms with Crippen LogP contribution < -0.4 is 15.2 Å². The first-order valence-corrected chi connectivity index (χ1v) is 14.1. The van der Waals surface area contributed by atoms with Crippen molar-refractivity contribution in [3.8, 4) is 16.9 Å². The molecule has 6 nitrogen and oxygen atoms in total. The normalized spacial score (nSPS) is 20.4. The molecule has 0 heterocycles. The SMILES string of the molecule is CCS(=O)(=O)NC(=O)C(C)(C)c1ccc(O[C@@H]2CC[C@@H](N)C2)c(-c2cccc(F)c2C2CCC2)c1.Cl. The molecule has 3 N–H and O–H groups in total. The molecule has 0 radical (unpaired) electrons. The van der Waals surface area contributed by atoms with Crippen LogP contribution in [0.3, 0.4) is 0 Å². The van der Waals surface area contributed by atoms with E-state index in [1.54, 1.807) is 26.0 Å². The molecule has 0 aromatic heterocycles. The fraction of sp³-hybridized carbons (Fsp3) is 0.519. The van der Waals surface area contributed by atoms with Crippen LogP contribution in [0.25, 0.3) is 11.1 Å². The third-order valence-electron chi connectivity index (χ3n) is 7.47. The number of nitrogens with one attached hydrogen (secondary N) is 1. The van der Waals surface area contributed by atoms with Gasteiger partial charge >= 0.3 is 0 Å². The number of hydrogen-bond acceptors (Lipinski definition) is 5. The number of halogens is 2. The molecule has 2 aromatic carbocycles. The molecule has 0 aliphatic heterocycles. The number of nitrogens with two attached hydrogens (primary N) is 1. The molecule has 36 heavy (non-hydrogen) atoms. The molecule has 0 saturated heterocycles. The summed E-state index contributed by atoms with van der Waals surface area (Å²) < 4.78 is 47.7. The zero-order chi connectivity index (χ0) is 25.4. The Morgan fingerprint density at radius 3 is 2.44 bits per heavy atom. The highest BCUT2D eigenvalue weighted by atomic mass is 35.5. The number of ether oxygens (including phenoxy) is 1. The highest BCUT2D eigenvalue weighted by molar-refractivity contribution is 7.90. The van der Waals surface area contributed by atoms with Gasteiger partial charge in [0.15, 0.2) is 0 Å². The monoisotopic (exact) mass is 538 g/mol. The van der Waals surface area contributed by atoms with E-state index in [1.165, 1.54) is 13.0 Å². The summed E-state index contributed by atoms with van der Waals surface area (Å²) in [5.74, 6) is -0.272. The molecule has 0 unspecified atom stereocenters. The van der Waals surface area contributed by atoms with Crippen molar-refractivity contribution >= 4 is 28.3 Å². The average Bonchev–Trinajstić information content (AvgIpc) is 3.18. The second kappa shape index (κ2) is 11.1. The minimum atomic E-state index is -3.71. The smallest absolute Gasteiger partial charge is 0.243 e. The van der Waals surface area contributed by atoms with Crippen LogP contribution in [0.15, 0.2) is 36.4 Å². The van der Waals surface area contributed by atoms with Crippen LogP contribution >= 0.6 is 12.4 Å². The van der Waals surface area contributed by atoms with Crippen molar-refractivity contribution in [2.24, 2.45) is 5.73 Å². The van der Waals surface area contributed by atoms with Gasteiger partial charge < -0.3 is 10.5 Å². The molecule has 2 aliphatic carbocycles. The zero-order valence-corrected chi connectivity index (χ0v) is 22.7. The molecule has 2 aliphatic rings. The Hall–Kier alpha value is -2.16. The Bertz CT molecular complexity index is 1210. The van der Waals surface area contributed by atoms with Gasteiger partial charge in [-0.25, -0.2) is 12.8 Å². The second-order valence-electron chi connectivity index (χ2n) is 10.3. The maximum atomic E-state index is 15.1. The van der Waals surface area contributed by atoms with Gasteiger partial charge in [-0.05, 0) is 93.7 Å². The third kappa shape index (κ3) is 5.87.